The normalized spacial score (nSPS) is 11.4. The summed E-state index contributed by atoms with van der Waals surface area (Å²) in [7, 11) is 1.68. The number of carbonyl (C=O) groups excluding carboxylic acids is 1. The van der Waals surface area contributed by atoms with Gasteiger partial charge in [0, 0.05) is 18.5 Å². The van der Waals surface area contributed by atoms with Gasteiger partial charge in [-0.15, -0.1) is 0 Å². The predicted molar refractivity (Wildman–Crippen MR) is 113 cm³/mol. The number of benzene rings is 1. The topological polar surface area (TPSA) is 51.5 Å². The molecule has 0 spiro atoms. The lowest BCUT2D eigenvalue weighted by Crippen LogP contribution is -2.24. The third-order valence-corrected chi connectivity index (χ3v) is 5.70. The van der Waals surface area contributed by atoms with E-state index < -0.39 is 0 Å². The van der Waals surface area contributed by atoms with Gasteiger partial charge in [0.2, 0.25) is 0 Å². The number of furan rings is 1. The largest absolute Gasteiger partial charge is 0.496 e. The highest BCUT2D eigenvalue weighted by Crippen LogP contribution is 2.32. The molecule has 0 saturated heterocycles. The van der Waals surface area contributed by atoms with E-state index >= 15 is 0 Å². The van der Waals surface area contributed by atoms with Crippen molar-refractivity contribution >= 4 is 17.7 Å². The molecule has 4 nitrogen and oxygen atoms in total. The molecular weight excluding hydrogens is 358 g/mol. The van der Waals surface area contributed by atoms with Crippen LogP contribution in [0.1, 0.15) is 61.1 Å². The molecule has 1 amide bonds. The number of thioether (sulfide) groups is 1. The second kappa shape index (κ2) is 9.88. The maximum atomic E-state index is 12.2. The summed E-state index contributed by atoms with van der Waals surface area (Å²) >= 11 is 1.78. The van der Waals surface area contributed by atoms with Crippen molar-refractivity contribution in [2.45, 2.75) is 45.4 Å². The first-order valence-corrected chi connectivity index (χ1v) is 10.8. The van der Waals surface area contributed by atoms with E-state index in [9.17, 15) is 4.79 Å². The van der Waals surface area contributed by atoms with Crippen molar-refractivity contribution < 1.29 is 13.9 Å². The van der Waals surface area contributed by atoms with Gasteiger partial charge in [-0.2, -0.15) is 11.8 Å². The number of hydrogen-bond donors (Lipinski definition) is 1. The molecule has 0 unspecified atom stereocenters. The van der Waals surface area contributed by atoms with Crippen LogP contribution in [0, 0.1) is 0 Å². The Bertz CT molecular complexity index is 752. The van der Waals surface area contributed by atoms with Gasteiger partial charge in [0.05, 0.1) is 7.11 Å². The van der Waals surface area contributed by atoms with E-state index in [-0.39, 0.29) is 11.3 Å². The highest BCUT2D eigenvalue weighted by atomic mass is 32.2. The average molecular weight is 390 g/mol. The third-order valence-electron chi connectivity index (χ3n) is 5.01. The summed E-state index contributed by atoms with van der Waals surface area (Å²) in [4.78, 5) is 12.2. The fourth-order valence-corrected chi connectivity index (χ4v) is 3.26. The molecule has 0 radical (unpaired) electrons. The number of ether oxygens (including phenoxy) is 1. The summed E-state index contributed by atoms with van der Waals surface area (Å²) in [6.07, 6.45) is 4.67. The van der Waals surface area contributed by atoms with Crippen molar-refractivity contribution in [2.24, 2.45) is 0 Å². The molecule has 0 aliphatic heterocycles. The Morgan fingerprint density at radius 3 is 2.70 bits per heavy atom. The summed E-state index contributed by atoms with van der Waals surface area (Å²) in [6, 6.07) is 9.94. The van der Waals surface area contributed by atoms with Gasteiger partial charge < -0.3 is 14.5 Å². The number of carbonyl (C=O) groups is 1. The van der Waals surface area contributed by atoms with Crippen LogP contribution in [0.25, 0.3) is 0 Å². The zero-order chi connectivity index (χ0) is 19.9. The lowest BCUT2D eigenvalue weighted by molar-refractivity contribution is 0.0924. The molecular formula is C22H31NO3S. The average Bonchev–Trinajstić information content (AvgIpc) is 3.13. The molecule has 0 aliphatic carbocycles. The van der Waals surface area contributed by atoms with Crippen molar-refractivity contribution in [3.8, 4) is 5.75 Å². The highest BCUT2D eigenvalue weighted by Gasteiger charge is 2.20. The molecule has 0 fully saturated rings. The number of rotatable bonds is 10. The summed E-state index contributed by atoms with van der Waals surface area (Å²) < 4.78 is 11.3. The highest BCUT2D eigenvalue weighted by molar-refractivity contribution is 7.98. The minimum absolute atomic E-state index is 0.103. The number of amides is 1. The second-order valence-electron chi connectivity index (χ2n) is 7.31. The van der Waals surface area contributed by atoms with Crippen LogP contribution in [0.5, 0.6) is 5.75 Å². The van der Waals surface area contributed by atoms with Crippen LogP contribution in [-0.2, 0) is 11.8 Å². The molecule has 2 rings (SSSR count). The molecule has 0 saturated carbocycles. The molecule has 2 aromatic rings. The van der Waals surface area contributed by atoms with Gasteiger partial charge in [-0.3, -0.25) is 4.79 Å². The fourth-order valence-electron chi connectivity index (χ4n) is 2.83. The van der Waals surface area contributed by atoms with Crippen LogP contribution in [0.2, 0.25) is 0 Å². The van der Waals surface area contributed by atoms with E-state index in [0.717, 1.165) is 35.7 Å². The first-order chi connectivity index (χ1) is 12.9. The molecule has 5 heteroatoms. The first kappa shape index (κ1) is 21.4. The van der Waals surface area contributed by atoms with Gasteiger partial charge in [-0.1, -0.05) is 32.9 Å². The Balaban J connectivity index is 2.12. The maximum absolute atomic E-state index is 12.2. The van der Waals surface area contributed by atoms with Crippen LogP contribution in [0.3, 0.4) is 0 Å². The first-order valence-electron chi connectivity index (χ1n) is 9.44. The van der Waals surface area contributed by atoms with E-state index in [2.05, 4.69) is 44.5 Å². The molecule has 1 heterocycles. The number of nitrogens with one attached hydrogen (secondary N) is 1. The molecule has 0 atom stereocenters. The monoisotopic (exact) mass is 389 g/mol. The van der Waals surface area contributed by atoms with Gasteiger partial charge in [-0.25, -0.2) is 0 Å². The predicted octanol–water partition coefficient (Wildman–Crippen LogP) is 5.05. The summed E-state index contributed by atoms with van der Waals surface area (Å²) in [5.41, 5.74) is 2.45. The van der Waals surface area contributed by atoms with Crippen LogP contribution in [0.15, 0.2) is 34.7 Å². The minimum Gasteiger partial charge on any atom is -0.496 e. The SMILES string of the molecule is CCC(C)(C)c1ccc(OC)c(Cc2ccc(C(=O)NCCCSC)o2)c1. The Kier molecular flexibility index (Phi) is 7.84. The van der Waals surface area contributed by atoms with Crippen LogP contribution in [0.4, 0.5) is 0 Å². The van der Waals surface area contributed by atoms with Gasteiger partial charge in [0.1, 0.15) is 11.5 Å². The smallest absolute Gasteiger partial charge is 0.286 e. The van der Waals surface area contributed by atoms with Crippen LogP contribution >= 0.6 is 11.8 Å². The molecule has 0 aliphatic rings. The second-order valence-corrected chi connectivity index (χ2v) is 8.29. The molecule has 1 N–H and O–H groups in total. The van der Waals surface area contributed by atoms with E-state index in [1.807, 2.05) is 12.1 Å². The number of hydrogen-bond acceptors (Lipinski definition) is 4. The van der Waals surface area contributed by atoms with E-state index in [4.69, 9.17) is 9.15 Å². The third kappa shape index (κ3) is 5.80. The Morgan fingerprint density at radius 2 is 2.04 bits per heavy atom. The summed E-state index contributed by atoms with van der Waals surface area (Å²) in [6.45, 7) is 7.34. The van der Waals surface area contributed by atoms with Crippen molar-refractivity contribution in [3.05, 3.63) is 53.0 Å². The van der Waals surface area contributed by atoms with Gasteiger partial charge in [-0.05, 0) is 54.0 Å². The van der Waals surface area contributed by atoms with Gasteiger partial charge in [0.25, 0.3) is 5.91 Å². The molecule has 0 bridgehead atoms. The Morgan fingerprint density at radius 1 is 1.26 bits per heavy atom. The van der Waals surface area contributed by atoms with Crippen LogP contribution in [-0.4, -0.2) is 31.6 Å². The van der Waals surface area contributed by atoms with E-state index in [1.54, 1.807) is 24.9 Å². The van der Waals surface area contributed by atoms with Crippen molar-refractivity contribution in [3.63, 3.8) is 0 Å². The molecule has 27 heavy (non-hydrogen) atoms. The summed E-state index contributed by atoms with van der Waals surface area (Å²) in [5.74, 6) is 2.83. The van der Waals surface area contributed by atoms with Crippen LogP contribution < -0.4 is 10.1 Å². The Hall–Kier alpha value is -1.88. The van der Waals surface area contributed by atoms with Crippen molar-refractivity contribution in [1.29, 1.82) is 0 Å². The molecule has 1 aromatic heterocycles. The maximum Gasteiger partial charge on any atom is 0.286 e. The summed E-state index contributed by atoms with van der Waals surface area (Å²) in [5, 5.41) is 2.90. The van der Waals surface area contributed by atoms with Crippen molar-refractivity contribution in [1.82, 2.24) is 5.32 Å². The molecule has 148 valence electrons. The zero-order valence-corrected chi connectivity index (χ0v) is 17.9. The lowest BCUT2D eigenvalue weighted by atomic mass is 9.81. The number of methoxy groups -OCH3 is 1. The van der Waals surface area contributed by atoms with Crippen molar-refractivity contribution in [2.75, 3.05) is 25.7 Å². The quantitative estimate of drug-likeness (QED) is 0.578. The standard InChI is InChI=1S/C22H31NO3S/c1-6-22(2,3)17-8-10-19(25-4)16(14-17)15-18-9-11-20(26-18)21(24)23-12-7-13-27-5/h8-11,14H,6-7,12-13,15H2,1-5H3,(H,23,24). The van der Waals surface area contributed by atoms with E-state index in [0.29, 0.717) is 18.7 Å². The zero-order valence-electron chi connectivity index (χ0n) is 17.1. The van der Waals surface area contributed by atoms with Gasteiger partial charge >= 0.3 is 0 Å². The molecule has 1 aromatic carbocycles. The lowest BCUT2D eigenvalue weighted by Gasteiger charge is -2.24. The minimum atomic E-state index is -0.157. The van der Waals surface area contributed by atoms with Gasteiger partial charge in [0.15, 0.2) is 5.76 Å². The Labute approximate surface area is 167 Å². The fraction of sp³-hybridized carbons (Fsp3) is 0.500. The van der Waals surface area contributed by atoms with E-state index in [1.165, 1.54) is 5.56 Å².